The molecule has 0 spiro atoms. The molecule has 0 aromatic rings. The monoisotopic (exact) mass is 1580 g/mol. The van der Waals surface area contributed by atoms with Crippen molar-refractivity contribution in [3.8, 4) is 0 Å². The van der Waals surface area contributed by atoms with Gasteiger partial charge in [-0.3, -0.25) is 71.9 Å². The van der Waals surface area contributed by atoms with Crippen LogP contribution in [0.4, 0.5) is 0 Å². The highest BCUT2D eigenvalue weighted by atomic mass is 35.5. The second kappa shape index (κ2) is 40.1. The number of alkyl halides is 1. The molecule has 108 heavy (non-hydrogen) atoms. The lowest BCUT2D eigenvalue weighted by Crippen LogP contribution is -2.52. The van der Waals surface area contributed by atoms with Gasteiger partial charge in [-0.2, -0.15) is 11.8 Å². The zero-order chi connectivity index (χ0) is 84.8. The van der Waals surface area contributed by atoms with Gasteiger partial charge in [-0.05, 0) is 180 Å². The lowest BCUT2D eigenvalue weighted by atomic mass is 9.55. The minimum absolute atomic E-state index is 0.0895. The molecule has 0 rings (SSSR count). The van der Waals surface area contributed by atoms with Crippen molar-refractivity contribution >= 4 is 113 Å². The number of hydrogen-bond acceptors (Lipinski definition) is 31. The number of rotatable bonds is 46. The molecule has 0 bridgehead atoms. The van der Waals surface area contributed by atoms with Crippen LogP contribution in [-0.4, -0.2) is 212 Å². The van der Waals surface area contributed by atoms with Crippen LogP contribution >= 0.6 is 23.4 Å². The third-order valence-electron chi connectivity index (χ3n) is 21.4. The maximum absolute atomic E-state index is 14.9. The van der Waals surface area contributed by atoms with Crippen LogP contribution in [0.2, 0.25) is 0 Å². The van der Waals surface area contributed by atoms with Gasteiger partial charge in [-0.1, -0.05) is 13.8 Å². The Kier molecular flexibility index (Phi) is 37.3. The summed E-state index contributed by atoms with van der Waals surface area (Å²) in [6.45, 7) is 22.7. The van der Waals surface area contributed by atoms with Crippen molar-refractivity contribution in [1.82, 2.24) is 0 Å². The molecule has 0 saturated carbocycles. The molecule has 0 aromatic carbocycles. The zero-order valence-corrected chi connectivity index (χ0v) is 70.9. The number of carbonyl (C=O) groups excluding carboxylic acids is 15. The van der Waals surface area contributed by atoms with Crippen molar-refractivity contribution in [1.29, 1.82) is 0 Å². The number of esters is 15. The van der Waals surface area contributed by atoms with E-state index in [2.05, 4.69) is 0 Å². The van der Waals surface area contributed by atoms with Gasteiger partial charge in [0.25, 0.3) is 0 Å². The van der Waals surface area contributed by atoms with Crippen molar-refractivity contribution in [3.63, 3.8) is 0 Å². The summed E-state index contributed by atoms with van der Waals surface area (Å²) in [6.07, 6.45) is -7.19. The van der Waals surface area contributed by atoms with Gasteiger partial charge in [0.2, 0.25) is 0 Å². The van der Waals surface area contributed by atoms with Crippen molar-refractivity contribution in [3.05, 3.63) is 0 Å². The largest absolute Gasteiger partial charge is 0.469 e. The Hall–Kier alpha value is -7.31. The van der Waals surface area contributed by atoms with E-state index in [9.17, 15) is 71.9 Å². The molecule has 0 heterocycles. The zero-order valence-electron chi connectivity index (χ0n) is 69.4. The van der Waals surface area contributed by atoms with Crippen molar-refractivity contribution in [2.24, 2.45) is 76.3 Å². The Labute approximate surface area is 646 Å². The third kappa shape index (κ3) is 24.3. The summed E-state index contributed by atoms with van der Waals surface area (Å²) in [7, 11) is 15.0. The van der Waals surface area contributed by atoms with Gasteiger partial charge in [-0.25, -0.2) is 0 Å². The first-order valence-corrected chi connectivity index (χ1v) is 36.5. The molecule has 0 radical (unpaired) electrons. The van der Waals surface area contributed by atoms with E-state index in [4.69, 9.17) is 82.7 Å². The predicted octanol–water partition coefficient (Wildman–Crippen LogP) is 9.49. The van der Waals surface area contributed by atoms with Gasteiger partial charge in [0.05, 0.1) is 176 Å². The predicted molar refractivity (Wildman–Crippen MR) is 391 cm³/mol. The minimum Gasteiger partial charge on any atom is -0.469 e. The number of carbonyl (C=O) groups is 15. The van der Waals surface area contributed by atoms with Crippen molar-refractivity contribution in [2.75, 3.05) is 112 Å². The molecule has 16 unspecified atom stereocenters. The lowest BCUT2D eigenvalue weighted by molar-refractivity contribution is -0.175. The third-order valence-corrected chi connectivity index (χ3v) is 23.0. The second-order valence-corrected chi connectivity index (χ2v) is 34.7. The molecule has 0 aliphatic carbocycles. The summed E-state index contributed by atoms with van der Waals surface area (Å²) >= 11 is 7.10. The molecule has 0 fully saturated rings. The summed E-state index contributed by atoms with van der Waals surface area (Å²) in [5, 5.41) is -1.61. The van der Waals surface area contributed by atoms with E-state index in [1.807, 2.05) is 0 Å². The van der Waals surface area contributed by atoms with Gasteiger partial charge >= 0.3 is 89.5 Å². The standard InChI is InChI=1S/C76H123ClO30S/c1-46(49(78)93-17)33-64(4,51(80)94-18)34-65(5,52(81)95-19)35-66(6,53(82)96-20)36-67(7,54(83)97-21)37-68(8,55(84)98-22)38-69(9,56(85)99-23)39-70(10,57(86)100-24)40-71(11,58(87)101-25)41-72(12,59(88)102-26)42-73(13,60(89)103-27)43-74(14,61(90)104-28)44-75(15,62(91)105-29)45-76(16,63(92)106-30)48(3)108-32-31-107-50(79)47(2)77/h46-48H,31-45H2,1-30H3. The van der Waals surface area contributed by atoms with Gasteiger partial charge in [0, 0.05) is 11.0 Å². The summed E-state index contributed by atoms with van der Waals surface area (Å²) < 4.78 is 80.5. The number of hydrogen-bond donors (Lipinski definition) is 0. The molecule has 30 nitrogen and oxygen atoms in total. The van der Waals surface area contributed by atoms with Gasteiger partial charge in [-0.15, -0.1) is 11.6 Å². The Morgan fingerprint density at radius 2 is 0.435 bits per heavy atom. The van der Waals surface area contributed by atoms with Crippen LogP contribution in [0.5, 0.6) is 0 Å². The molecular formula is C76H123ClO30S. The van der Waals surface area contributed by atoms with E-state index in [1.165, 1.54) is 109 Å². The molecule has 0 aliphatic rings. The van der Waals surface area contributed by atoms with Gasteiger partial charge < -0.3 is 71.1 Å². The van der Waals surface area contributed by atoms with Crippen molar-refractivity contribution < 1.29 is 143 Å². The summed E-state index contributed by atoms with van der Waals surface area (Å²) in [4.78, 5) is 215. The van der Waals surface area contributed by atoms with Crippen LogP contribution < -0.4 is 0 Å². The van der Waals surface area contributed by atoms with Gasteiger partial charge in [0.15, 0.2) is 0 Å². The van der Waals surface area contributed by atoms with Crippen LogP contribution in [0.3, 0.4) is 0 Å². The molecular weight excluding hydrogens is 1460 g/mol. The van der Waals surface area contributed by atoms with Crippen LogP contribution in [0, 0.1) is 76.3 Å². The second-order valence-electron chi connectivity index (χ2n) is 32.6. The van der Waals surface area contributed by atoms with Gasteiger partial charge in [0.1, 0.15) is 12.0 Å². The van der Waals surface area contributed by atoms with E-state index >= 15 is 0 Å². The molecule has 0 N–H and O–H groups in total. The van der Waals surface area contributed by atoms with Crippen LogP contribution in [0.1, 0.15) is 194 Å². The Morgan fingerprint density at radius 3 is 0.611 bits per heavy atom. The highest BCUT2D eigenvalue weighted by molar-refractivity contribution is 7.99. The molecule has 0 amide bonds. The van der Waals surface area contributed by atoms with E-state index in [0.29, 0.717) is 0 Å². The quantitative estimate of drug-likeness (QED) is 0.0237. The maximum atomic E-state index is 14.9. The van der Waals surface area contributed by atoms with Crippen LogP contribution in [0.15, 0.2) is 0 Å². The molecule has 620 valence electrons. The first-order valence-electron chi connectivity index (χ1n) is 35.0. The SMILES string of the molecule is COC(=O)C(C)CC(C)(CC(C)(CC(C)(CC(C)(CC(C)(CC(C)(CC(C)(CC(C)(CC(C)(CC(C)(CC(C)(CC(C)(CC(C)(C(=O)OC)C(C)SCCOC(=O)C(C)Cl)C(=O)OC)C(=O)OC)C(=O)OC)C(=O)OC)C(=O)OC)C(=O)OC)C(=O)OC)C(=O)OC)C(=O)OC)C(=O)OC)C(=O)OC)C(=O)OC. The fourth-order valence-corrected chi connectivity index (χ4v) is 19.1. The Balaban J connectivity index is 8.82. The molecule has 0 aliphatic heterocycles. The Morgan fingerprint density at radius 1 is 0.259 bits per heavy atom. The fraction of sp³-hybridized carbons (Fsp3) is 0.803. The summed E-state index contributed by atoms with van der Waals surface area (Å²) in [6, 6.07) is 0. The fourth-order valence-electron chi connectivity index (χ4n) is 18.0. The highest BCUT2D eigenvalue weighted by Crippen LogP contribution is 2.59. The number of thioether (sulfide) groups is 1. The Bertz CT molecular complexity index is 3250. The van der Waals surface area contributed by atoms with E-state index in [1.54, 1.807) is 13.8 Å². The number of halogens is 1. The lowest BCUT2D eigenvalue weighted by Gasteiger charge is -2.47. The smallest absolute Gasteiger partial charge is 0.323 e. The van der Waals surface area contributed by atoms with Crippen LogP contribution in [-0.2, 0) is 143 Å². The number of methoxy groups -OCH3 is 14. The van der Waals surface area contributed by atoms with Crippen molar-refractivity contribution in [2.45, 2.75) is 205 Å². The molecule has 16 atom stereocenters. The number of ether oxygens (including phenoxy) is 15. The summed E-state index contributed by atoms with van der Waals surface area (Å²) in [5.74, 6) is -14.7. The van der Waals surface area contributed by atoms with Crippen LogP contribution in [0.25, 0.3) is 0 Å². The average molecular weight is 1580 g/mol. The maximum Gasteiger partial charge on any atom is 0.323 e. The highest BCUT2D eigenvalue weighted by Gasteiger charge is 2.63. The average Bonchev–Trinajstić information content (AvgIpc) is 0.876. The first kappa shape index (κ1) is 101. The molecule has 0 saturated heterocycles. The summed E-state index contributed by atoms with van der Waals surface area (Å²) in [5.41, 5.74) is -25.3. The van der Waals surface area contributed by atoms with E-state index in [0.717, 1.165) is 99.5 Å². The van der Waals surface area contributed by atoms with E-state index in [-0.39, 0.29) is 25.2 Å². The molecule has 32 heteroatoms. The topological polar surface area (TPSA) is 394 Å². The first-order chi connectivity index (χ1) is 49.4. The molecule has 0 aromatic heterocycles. The van der Waals surface area contributed by atoms with E-state index < -0.39 is 247 Å². The minimum atomic E-state index is -2.10. The normalized spacial score (nSPS) is 19.6.